The van der Waals surface area contributed by atoms with Crippen LogP contribution < -0.4 is 9.47 Å². The summed E-state index contributed by atoms with van der Waals surface area (Å²) in [5, 5.41) is 8.58. The lowest BCUT2D eigenvalue weighted by molar-refractivity contribution is 0.112. The Kier molecular flexibility index (Phi) is 6.27. The molecule has 0 atom stereocenters. The van der Waals surface area contributed by atoms with Gasteiger partial charge in [0.1, 0.15) is 6.29 Å². The molecule has 3 aromatic rings. The van der Waals surface area contributed by atoms with E-state index in [1.54, 1.807) is 18.2 Å². The Morgan fingerprint density at radius 2 is 1.92 bits per heavy atom. The molecule has 0 spiro atoms. The van der Waals surface area contributed by atoms with Crippen molar-refractivity contribution in [3.8, 4) is 23.0 Å². The summed E-state index contributed by atoms with van der Waals surface area (Å²) in [7, 11) is 0. The van der Waals surface area contributed by atoms with Crippen LogP contribution in [0.2, 0.25) is 0 Å². The number of rotatable bonds is 9. The first-order valence-corrected chi connectivity index (χ1v) is 9.15. The summed E-state index contributed by atoms with van der Waals surface area (Å²) >= 11 is 1.42. The summed E-state index contributed by atoms with van der Waals surface area (Å²) in [6.45, 7) is 2.82. The van der Waals surface area contributed by atoms with E-state index in [9.17, 15) is 4.79 Å². The molecule has 0 aliphatic heterocycles. The molecule has 0 unspecified atom stereocenters. The van der Waals surface area contributed by atoms with Crippen LogP contribution >= 0.6 is 11.8 Å². The smallest absolute Gasteiger partial charge is 0.276 e. The van der Waals surface area contributed by atoms with Crippen molar-refractivity contribution in [3.63, 3.8) is 0 Å². The molecule has 0 N–H and O–H groups in total. The SMILES string of the molecule is CCOc1cc(C=O)ccc1OCCSc1nnc(-c2ccccc2)o1. The van der Waals surface area contributed by atoms with Crippen molar-refractivity contribution in [1.29, 1.82) is 0 Å². The number of aromatic nitrogens is 2. The molecule has 0 aliphatic carbocycles. The van der Waals surface area contributed by atoms with E-state index in [1.165, 1.54) is 11.8 Å². The zero-order chi connectivity index (χ0) is 18.2. The van der Waals surface area contributed by atoms with Crippen molar-refractivity contribution in [2.24, 2.45) is 0 Å². The molecule has 0 saturated heterocycles. The second-order valence-electron chi connectivity index (χ2n) is 5.19. The fourth-order valence-corrected chi connectivity index (χ4v) is 2.81. The number of ether oxygens (including phenoxy) is 2. The van der Waals surface area contributed by atoms with Gasteiger partial charge in [-0.05, 0) is 37.3 Å². The molecule has 0 amide bonds. The Bertz CT molecular complexity index is 852. The normalized spacial score (nSPS) is 10.5. The Hall–Kier alpha value is -2.80. The molecule has 2 aromatic carbocycles. The van der Waals surface area contributed by atoms with Gasteiger partial charge in [-0.25, -0.2) is 0 Å². The van der Waals surface area contributed by atoms with Gasteiger partial charge in [-0.15, -0.1) is 10.2 Å². The van der Waals surface area contributed by atoms with E-state index in [0.29, 0.717) is 47.1 Å². The number of hydrogen-bond acceptors (Lipinski definition) is 7. The summed E-state index contributed by atoms with van der Waals surface area (Å²) in [4.78, 5) is 10.9. The number of carbonyl (C=O) groups excluding carboxylic acids is 1. The van der Waals surface area contributed by atoms with Crippen LogP contribution in [0.4, 0.5) is 0 Å². The summed E-state index contributed by atoms with van der Waals surface area (Å²) < 4.78 is 16.9. The molecular formula is C19H18N2O4S. The maximum atomic E-state index is 10.9. The summed E-state index contributed by atoms with van der Waals surface area (Å²) in [6.07, 6.45) is 0.780. The second-order valence-corrected chi connectivity index (χ2v) is 6.24. The molecule has 3 rings (SSSR count). The molecular weight excluding hydrogens is 352 g/mol. The third-order valence-corrected chi connectivity index (χ3v) is 4.18. The minimum absolute atomic E-state index is 0.439. The van der Waals surface area contributed by atoms with Gasteiger partial charge in [0.05, 0.1) is 13.2 Å². The molecule has 134 valence electrons. The molecule has 0 fully saturated rings. The largest absolute Gasteiger partial charge is 0.490 e. The number of hydrogen-bond donors (Lipinski definition) is 0. The van der Waals surface area contributed by atoms with E-state index < -0.39 is 0 Å². The Morgan fingerprint density at radius 3 is 2.69 bits per heavy atom. The number of carbonyl (C=O) groups is 1. The topological polar surface area (TPSA) is 74.5 Å². The highest BCUT2D eigenvalue weighted by Crippen LogP contribution is 2.29. The lowest BCUT2D eigenvalue weighted by atomic mass is 10.2. The predicted octanol–water partition coefficient (Wildman–Crippen LogP) is 4.12. The molecule has 1 aromatic heterocycles. The molecule has 0 aliphatic rings. The maximum Gasteiger partial charge on any atom is 0.276 e. The summed E-state index contributed by atoms with van der Waals surface area (Å²) in [5.74, 6) is 2.30. The monoisotopic (exact) mass is 370 g/mol. The van der Waals surface area contributed by atoms with Gasteiger partial charge in [0.2, 0.25) is 5.89 Å². The van der Waals surface area contributed by atoms with Gasteiger partial charge < -0.3 is 13.9 Å². The third kappa shape index (κ3) is 4.64. The van der Waals surface area contributed by atoms with Crippen molar-refractivity contribution >= 4 is 18.0 Å². The van der Waals surface area contributed by atoms with Crippen molar-refractivity contribution in [1.82, 2.24) is 10.2 Å². The fourth-order valence-electron chi connectivity index (χ4n) is 2.23. The van der Waals surface area contributed by atoms with Gasteiger partial charge >= 0.3 is 0 Å². The maximum absolute atomic E-state index is 10.9. The van der Waals surface area contributed by atoms with Crippen molar-refractivity contribution < 1.29 is 18.7 Å². The zero-order valence-electron chi connectivity index (χ0n) is 14.3. The molecule has 6 nitrogen and oxygen atoms in total. The predicted molar refractivity (Wildman–Crippen MR) is 99.0 cm³/mol. The minimum Gasteiger partial charge on any atom is -0.490 e. The van der Waals surface area contributed by atoms with E-state index in [0.717, 1.165) is 11.8 Å². The van der Waals surface area contributed by atoms with Gasteiger partial charge in [0.15, 0.2) is 11.5 Å². The highest BCUT2D eigenvalue weighted by molar-refractivity contribution is 7.99. The third-order valence-electron chi connectivity index (χ3n) is 3.40. The van der Waals surface area contributed by atoms with Gasteiger partial charge in [0, 0.05) is 16.9 Å². The minimum atomic E-state index is 0.439. The summed E-state index contributed by atoms with van der Waals surface area (Å²) in [6, 6.07) is 14.7. The molecule has 7 heteroatoms. The van der Waals surface area contributed by atoms with Crippen LogP contribution in [0.5, 0.6) is 11.5 Å². The van der Waals surface area contributed by atoms with Crippen LogP contribution in [0.25, 0.3) is 11.5 Å². The molecule has 0 radical (unpaired) electrons. The van der Waals surface area contributed by atoms with Gasteiger partial charge in [0.25, 0.3) is 5.22 Å². The average Bonchev–Trinajstić information content (AvgIpc) is 3.16. The fraction of sp³-hybridized carbons (Fsp3) is 0.211. The van der Waals surface area contributed by atoms with Crippen LogP contribution in [0.3, 0.4) is 0 Å². The van der Waals surface area contributed by atoms with Crippen molar-refractivity contribution in [2.75, 3.05) is 19.0 Å². The first-order chi connectivity index (χ1) is 12.8. The van der Waals surface area contributed by atoms with E-state index in [2.05, 4.69) is 10.2 Å². The van der Waals surface area contributed by atoms with Crippen molar-refractivity contribution in [3.05, 3.63) is 54.1 Å². The lowest BCUT2D eigenvalue weighted by Crippen LogP contribution is -2.03. The summed E-state index contributed by atoms with van der Waals surface area (Å²) in [5.41, 5.74) is 1.44. The standard InChI is InChI=1S/C19H18N2O4S/c1-2-23-17-12-14(13-22)8-9-16(17)24-10-11-26-19-21-20-18(25-19)15-6-4-3-5-7-15/h3-9,12-13H,2,10-11H2,1H3. The first kappa shape index (κ1) is 18.0. The lowest BCUT2D eigenvalue weighted by Gasteiger charge is -2.11. The number of nitrogens with zero attached hydrogens (tertiary/aromatic N) is 2. The molecule has 26 heavy (non-hydrogen) atoms. The van der Waals surface area contributed by atoms with Crippen LogP contribution in [-0.4, -0.2) is 35.5 Å². The van der Waals surface area contributed by atoms with E-state index in [-0.39, 0.29) is 0 Å². The van der Waals surface area contributed by atoms with Gasteiger partial charge in [-0.3, -0.25) is 4.79 Å². The van der Waals surface area contributed by atoms with Crippen LogP contribution in [0.15, 0.2) is 58.2 Å². The number of thioether (sulfide) groups is 1. The van der Waals surface area contributed by atoms with Crippen molar-refractivity contribution in [2.45, 2.75) is 12.1 Å². The van der Waals surface area contributed by atoms with Crippen LogP contribution in [0, 0.1) is 0 Å². The highest BCUT2D eigenvalue weighted by Gasteiger charge is 2.10. The quantitative estimate of drug-likeness (QED) is 0.319. The van der Waals surface area contributed by atoms with Gasteiger partial charge in [-0.1, -0.05) is 30.0 Å². The molecule has 0 saturated carbocycles. The molecule has 1 heterocycles. The molecule has 0 bridgehead atoms. The average molecular weight is 370 g/mol. The zero-order valence-corrected chi connectivity index (χ0v) is 15.1. The van der Waals surface area contributed by atoms with E-state index in [1.807, 2.05) is 37.3 Å². The Balaban J connectivity index is 1.53. The van der Waals surface area contributed by atoms with E-state index in [4.69, 9.17) is 13.9 Å². The Morgan fingerprint density at radius 1 is 1.08 bits per heavy atom. The Labute approximate surface area is 155 Å². The first-order valence-electron chi connectivity index (χ1n) is 8.16. The van der Waals surface area contributed by atoms with Crippen LogP contribution in [0.1, 0.15) is 17.3 Å². The van der Waals surface area contributed by atoms with Crippen LogP contribution in [-0.2, 0) is 0 Å². The van der Waals surface area contributed by atoms with E-state index >= 15 is 0 Å². The highest BCUT2D eigenvalue weighted by atomic mass is 32.2. The second kappa shape index (κ2) is 9.05. The van der Waals surface area contributed by atoms with Gasteiger partial charge in [-0.2, -0.15) is 0 Å². The number of aldehydes is 1. The number of benzene rings is 2.